The quantitative estimate of drug-likeness (QED) is 0.274. The second kappa shape index (κ2) is 5.02. The van der Waals surface area contributed by atoms with E-state index in [-0.39, 0.29) is 23.0 Å². The number of hydrogen-bond donors (Lipinski definition) is 4. The Hall–Kier alpha value is -1.26. The van der Waals surface area contributed by atoms with Gasteiger partial charge < -0.3 is 15.4 Å². The number of nitrogens with one attached hydrogen (secondary N) is 1. The van der Waals surface area contributed by atoms with Gasteiger partial charge in [0, 0.05) is 6.07 Å². The van der Waals surface area contributed by atoms with E-state index in [0.29, 0.717) is 6.42 Å². The minimum atomic E-state index is -2.91. The highest BCUT2D eigenvalue weighted by atomic mass is 17.0. The summed E-state index contributed by atoms with van der Waals surface area (Å²) in [5, 5.41) is 41.6. The summed E-state index contributed by atoms with van der Waals surface area (Å²) < 4.78 is 0. The van der Waals surface area contributed by atoms with Crippen molar-refractivity contribution < 1.29 is 20.3 Å². The highest BCUT2D eigenvalue weighted by Crippen LogP contribution is 2.38. The average molecular weight is 271 g/mol. The van der Waals surface area contributed by atoms with E-state index in [0.717, 1.165) is 6.42 Å². The van der Waals surface area contributed by atoms with E-state index in [9.17, 15) is 20.6 Å². The molecule has 1 heterocycles. The Morgan fingerprint density at radius 1 is 1.42 bits per heavy atom. The monoisotopic (exact) mass is 271 g/mol. The van der Waals surface area contributed by atoms with Crippen LogP contribution in [0.1, 0.15) is 19.8 Å². The maximum atomic E-state index is 12.5. The van der Waals surface area contributed by atoms with Gasteiger partial charge in [-0.15, -0.1) is 0 Å². The summed E-state index contributed by atoms with van der Waals surface area (Å²) in [5.41, 5.74) is 1.86. The fraction of sp³-hybridized carbons (Fsp3) is 0.455. The van der Waals surface area contributed by atoms with E-state index in [1.54, 1.807) is 12.1 Å². The molecule has 19 heavy (non-hydrogen) atoms. The maximum absolute atomic E-state index is 12.5. The van der Waals surface area contributed by atoms with Crippen LogP contribution in [0.3, 0.4) is 0 Å². The fourth-order valence-corrected chi connectivity index (χ4v) is 1.80. The molecule has 0 aliphatic carbocycles. The lowest BCUT2D eigenvalue weighted by Crippen LogP contribution is -2.73. The smallest absolute Gasteiger partial charge is 0.382 e. The van der Waals surface area contributed by atoms with Gasteiger partial charge in [0.2, 0.25) is 5.69 Å². The van der Waals surface area contributed by atoms with Crippen LogP contribution in [-0.4, -0.2) is 28.1 Å². The molecule has 0 fully saturated rings. The molecule has 8 nitrogen and oxygen atoms in total. The summed E-state index contributed by atoms with van der Waals surface area (Å²) in [4.78, 5) is 3.55. The molecule has 8 heteroatoms. The molecule has 1 aromatic rings. The molecule has 1 aromatic carbocycles. The van der Waals surface area contributed by atoms with Crippen molar-refractivity contribution in [2.45, 2.75) is 25.8 Å². The molecule has 2 rings (SSSR count). The number of nitrogens with zero attached hydrogens (tertiary/aromatic N) is 2. The number of benzene rings is 1. The highest BCUT2D eigenvalue weighted by Gasteiger charge is 2.49. The highest BCUT2D eigenvalue weighted by molar-refractivity contribution is 5.69. The second-order valence-electron chi connectivity index (χ2n) is 4.29. The summed E-state index contributed by atoms with van der Waals surface area (Å²) in [6.07, 6.45) is 1.48. The number of hydrogen-bond acceptors (Lipinski definition) is 7. The average Bonchev–Trinajstić information content (AvgIpc) is 2.36. The van der Waals surface area contributed by atoms with E-state index in [2.05, 4.69) is 0 Å². The molecule has 1 unspecified atom stereocenters. The van der Waals surface area contributed by atoms with Gasteiger partial charge in [0.05, 0.1) is 0 Å². The number of fused-ring (bicyclic) bond motifs is 1. The molecule has 1 atom stereocenters. The minimum Gasteiger partial charge on any atom is -0.572 e. The Morgan fingerprint density at radius 2 is 2.11 bits per heavy atom. The summed E-state index contributed by atoms with van der Waals surface area (Å²) >= 11 is 0. The van der Waals surface area contributed by atoms with Gasteiger partial charge in [-0.3, -0.25) is 5.21 Å². The standard InChI is InChI=1S/C11H17N3O5/c1-2-3-8-19-14(18)10-7-5-4-6-9(10)13(17)11(15,16)12-14/h4-7,12,15-17H,2-3,8H2,1H3. The second-order valence-corrected chi connectivity index (χ2v) is 4.29. The third kappa shape index (κ3) is 2.55. The fourth-order valence-electron chi connectivity index (χ4n) is 1.80. The lowest BCUT2D eigenvalue weighted by molar-refractivity contribution is -0.302. The molecule has 0 amide bonds. The molecular formula is C11H17N3O5. The number of aliphatic hydroxyl groups is 2. The molecule has 4 N–H and O–H groups in total. The maximum Gasteiger partial charge on any atom is 0.382 e. The Balaban J connectivity index is 2.36. The predicted octanol–water partition coefficient (Wildman–Crippen LogP) is 0.533. The Kier molecular flexibility index (Phi) is 3.74. The lowest BCUT2D eigenvalue weighted by Gasteiger charge is -2.47. The molecule has 0 saturated heterocycles. The zero-order chi connectivity index (χ0) is 14.1. The van der Waals surface area contributed by atoms with Gasteiger partial charge in [0.1, 0.15) is 12.3 Å². The summed E-state index contributed by atoms with van der Waals surface area (Å²) in [6, 6.07) is 3.04. The van der Waals surface area contributed by atoms with Crippen LogP contribution >= 0.6 is 0 Å². The van der Waals surface area contributed by atoms with Gasteiger partial charge in [0.15, 0.2) is 0 Å². The normalized spacial score (nSPS) is 25.2. The first-order valence-electron chi connectivity index (χ1n) is 5.98. The minimum absolute atomic E-state index is 0.0276. The van der Waals surface area contributed by atoms with Crippen LogP contribution in [0.5, 0.6) is 0 Å². The molecule has 0 radical (unpaired) electrons. The number of unbranched alkanes of at least 4 members (excludes halogenated alkanes) is 1. The Labute approximate surface area is 110 Å². The van der Waals surface area contributed by atoms with E-state index in [4.69, 9.17) is 4.84 Å². The first-order chi connectivity index (χ1) is 8.91. The molecule has 1 aliphatic rings. The summed E-state index contributed by atoms with van der Waals surface area (Å²) in [7, 11) is 0. The van der Waals surface area contributed by atoms with Gasteiger partial charge >= 0.3 is 6.03 Å². The van der Waals surface area contributed by atoms with Crippen LogP contribution in [-0.2, 0) is 4.84 Å². The Bertz CT molecular complexity index is 456. The van der Waals surface area contributed by atoms with Gasteiger partial charge in [-0.05, 0) is 17.9 Å². The van der Waals surface area contributed by atoms with Crippen molar-refractivity contribution in [1.29, 1.82) is 0 Å². The topological polar surface area (TPSA) is 108 Å². The van der Waals surface area contributed by atoms with Gasteiger partial charge in [-0.25, -0.2) is 0 Å². The number of hydroxylamine groups is 1. The van der Waals surface area contributed by atoms with Crippen molar-refractivity contribution in [3.63, 3.8) is 0 Å². The number of rotatable bonds is 4. The van der Waals surface area contributed by atoms with Crippen LogP contribution in [0.2, 0.25) is 0 Å². The van der Waals surface area contributed by atoms with E-state index < -0.39 is 11.0 Å². The van der Waals surface area contributed by atoms with Crippen molar-refractivity contribution in [3.05, 3.63) is 29.5 Å². The molecule has 1 aliphatic heterocycles. The van der Waals surface area contributed by atoms with Crippen molar-refractivity contribution >= 4 is 11.4 Å². The van der Waals surface area contributed by atoms with Crippen LogP contribution in [0.4, 0.5) is 11.4 Å². The van der Waals surface area contributed by atoms with E-state index >= 15 is 0 Å². The van der Waals surface area contributed by atoms with Crippen LogP contribution in [0.25, 0.3) is 0 Å². The third-order valence-corrected chi connectivity index (χ3v) is 2.79. The lowest BCUT2D eigenvalue weighted by atomic mass is 10.2. The molecule has 0 bridgehead atoms. The summed E-state index contributed by atoms with van der Waals surface area (Å²) in [6.45, 7) is 2.08. The first kappa shape index (κ1) is 14.2. The van der Waals surface area contributed by atoms with Gasteiger partial charge in [-0.2, -0.15) is 9.90 Å². The Morgan fingerprint density at radius 3 is 2.79 bits per heavy atom. The summed E-state index contributed by atoms with van der Waals surface area (Å²) in [5.74, 6) is 0. The van der Waals surface area contributed by atoms with Gasteiger partial charge in [0.25, 0.3) is 0 Å². The molecule has 0 spiro atoms. The molecule has 0 aromatic heterocycles. The zero-order valence-electron chi connectivity index (χ0n) is 10.5. The van der Waals surface area contributed by atoms with E-state index in [1.165, 1.54) is 12.1 Å². The van der Waals surface area contributed by atoms with E-state index in [1.807, 2.05) is 12.3 Å². The van der Waals surface area contributed by atoms with Crippen LogP contribution in [0, 0.1) is 5.21 Å². The van der Waals surface area contributed by atoms with Crippen molar-refractivity contribution in [3.8, 4) is 0 Å². The molecular weight excluding hydrogens is 254 g/mol. The number of quaternary nitrogens is 1. The first-order valence-corrected chi connectivity index (χ1v) is 5.98. The van der Waals surface area contributed by atoms with Crippen LogP contribution in [0.15, 0.2) is 24.3 Å². The van der Waals surface area contributed by atoms with Crippen molar-refractivity contribution in [2.75, 3.05) is 11.7 Å². The number of para-hydroxylation sites is 2. The van der Waals surface area contributed by atoms with Gasteiger partial charge in [-0.1, -0.05) is 30.4 Å². The number of anilines is 1. The third-order valence-electron chi connectivity index (χ3n) is 2.79. The molecule has 106 valence electrons. The van der Waals surface area contributed by atoms with Crippen molar-refractivity contribution in [1.82, 2.24) is 10.3 Å². The zero-order valence-corrected chi connectivity index (χ0v) is 10.5. The van der Waals surface area contributed by atoms with Crippen molar-refractivity contribution in [2.24, 2.45) is 0 Å². The molecule has 0 saturated carbocycles. The SMILES string of the molecule is CCCCO[N+]1([O-])NC(O)(O)N(O)c2ccccc21. The largest absolute Gasteiger partial charge is 0.572 e. The van der Waals surface area contributed by atoms with Crippen LogP contribution < -0.4 is 15.4 Å². The predicted molar refractivity (Wildman–Crippen MR) is 67.0 cm³/mol.